The Morgan fingerprint density at radius 3 is 2.36 bits per heavy atom. The van der Waals surface area contributed by atoms with Gasteiger partial charge in [0.25, 0.3) is 0 Å². The fourth-order valence-corrected chi connectivity index (χ4v) is 7.72. The van der Waals surface area contributed by atoms with E-state index in [0.717, 1.165) is 24.7 Å². The van der Waals surface area contributed by atoms with E-state index in [2.05, 4.69) is 18.0 Å². The third-order valence-electron chi connectivity index (χ3n) is 8.48. The zero-order chi connectivity index (χ0) is 20.5. The molecular weight excluding hydrogens is 389 g/mol. The molecule has 6 atom stereocenters. The molecule has 0 N–H and O–H groups in total. The minimum absolute atomic E-state index is 0.0279. The van der Waals surface area contributed by atoms with Crippen molar-refractivity contribution in [3.8, 4) is 0 Å². The Balaban J connectivity index is 1.52. The zero-order valence-electron chi connectivity index (χ0n) is 16.9. The molecule has 0 aromatic rings. The van der Waals surface area contributed by atoms with E-state index in [1.807, 2.05) is 6.92 Å². The van der Waals surface area contributed by atoms with Crippen molar-refractivity contribution in [2.75, 3.05) is 0 Å². The first-order chi connectivity index (χ1) is 12.8. The minimum atomic E-state index is -5.60. The summed E-state index contributed by atoms with van der Waals surface area (Å²) in [6.07, 6.45) is 10.00. The Morgan fingerprint density at radius 2 is 1.68 bits per heavy atom. The normalized spacial score (nSPS) is 42.8. The maximum atomic E-state index is 12.8. The molecule has 0 amide bonds. The van der Waals surface area contributed by atoms with Gasteiger partial charge in [-0.1, -0.05) is 20.8 Å². The SMILES string of the molecule is CC1(C)CC[C@H]2[C@H](CC[C@@H]3[C@@H]2CC[C@]2(C)C(OS(=O)(=O)C(F)(F)F)=CC[C@@H]32)C1. The molecule has 0 unspecified atom stereocenters. The zero-order valence-corrected chi connectivity index (χ0v) is 17.7. The minimum Gasteiger partial charge on any atom is -0.380 e. The van der Waals surface area contributed by atoms with Crippen molar-refractivity contribution in [3.05, 3.63) is 11.8 Å². The number of hydrogen-bond donors (Lipinski definition) is 0. The Hall–Kier alpha value is -0.720. The molecule has 0 heterocycles. The lowest BCUT2D eigenvalue weighted by Crippen LogP contribution is -2.49. The van der Waals surface area contributed by atoms with Crippen LogP contribution >= 0.6 is 0 Å². The van der Waals surface area contributed by atoms with Crippen LogP contribution in [0.4, 0.5) is 13.2 Å². The first kappa shape index (κ1) is 20.5. The first-order valence-corrected chi connectivity index (χ1v) is 12.0. The van der Waals surface area contributed by atoms with Crippen molar-refractivity contribution < 1.29 is 25.8 Å². The van der Waals surface area contributed by atoms with Gasteiger partial charge in [0, 0.05) is 5.41 Å². The van der Waals surface area contributed by atoms with Gasteiger partial charge >= 0.3 is 15.6 Å². The smallest absolute Gasteiger partial charge is 0.380 e. The van der Waals surface area contributed by atoms with Crippen LogP contribution in [0.1, 0.15) is 72.1 Å². The second kappa shape index (κ2) is 6.39. The molecule has 3 fully saturated rings. The van der Waals surface area contributed by atoms with E-state index in [0.29, 0.717) is 30.1 Å². The predicted octanol–water partition coefficient (Wildman–Crippen LogP) is 6.03. The highest BCUT2D eigenvalue weighted by molar-refractivity contribution is 7.87. The molecule has 0 bridgehead atoms. The molecule has 3 nitrogen and oxygen atoms in total. The van der Waals surface area contributed by atoms with Gasteiger partial charge < -0.3 is 4.18 Å². The first-order valence-electron chi connectivity index (χ1n) is 10.6. The third kappa shape index (κ3) is 3.20. The van der Waals surface area contributed by atoms with E-state index in [1.54, 1.807) is 6.08 Å². The van der Waals surface area contributed by atoms with Crippen LogP contribution in [0.25, 0.3) is 0 Å². The van der Waals surface area contributed by atoms with Crippen molar-refractivity contribution in [2.45, 2.75) is 77.6 Å². The molecule has 0 spiro atoms. The van der Waals surface area contributed by atoms with Gasteiger partial charge in [0.05, 0.1) is 0 Å². The summed E-state index contributed by atoms with van der Waals surface area (Å²) in [5.41, 5.74) is -5.56. The fourth-order valence-electron chi connectivity index (χ4n) is 7.13. The largest absolute Gasteiger partial charge is 0.534 e. The number of fused-ring (bicyclic) bond motifs is 5. The second-order valence-electron chi connectivity index (χ2n) is 10.6. The van der Waals surface area contributed by atoms with Gasteiger partial charge in [-0.05, 0) is 92.4 Å². The third-order valence-corrected chi connectivity index (χ3v) is 9.45. The monoisotopic (exact) mass is 420 g/mol. The molecule has 0 saturated heterocycles. The van der Waals surface area contributed by atoms with E-state index in [-0.39, 0.29) is 11.7 Å². The van der Waals surface area contributed by atoms with Crippen molar-refractivity contribution in [3.63, 3.8) is 0 Å². The summed E-state index contributed by atoms with van der Waals surface area (Å²) in [7, 11) is -5.60. The molecule has 0 aromatic heterocycles. The fraction of sp³-hybridized carbons (Fsp3) is 0.905. The van der Waals surface area contributed by atoms with Gasteiger partial charge in [0.1, 0.15) is 5.76 Å². The van der Waals surface area contributed by atoms with Crippen LogP contribution < -0.4 is 0 Å². The van der Waals surface area contributed by atoms with Gasteiger partial charge in [0.2, 0.25) is 0 Å². The molecule has 0 aromatic carbocycles. The standard InChI is InChI=1S/C21H31F3O3S/c1-19(2)10-8-14-13(12-19)4-5-16-15(14)9-11-20(3)17(16)6-7-18(20)27-28(25,26)21(22,23)24/h7,13-17H,4-6,8-12H2,1-3H3/t13-,14+,15-,16-,17+,20+/m1/s1. The Labute approximate surface area is 166 Å². The summed E-state index contributed by atoms with van der Waals surface area (Å²) >= 11 is 0. The van der Waals surface area contributed by atoms with Crippen LogP contribution in [0, 0.1) is 40.4 Å². The summed E-state index contributed by atoms with van der Waals surface area (Å²) in [5.74, 6) is 2.80. The average Bonchev–Trinajstić information content (AvgIpc) is 2.88. The van der Waals surface area contributed by atoms with Crippen LogP contribution in [0.3, 0.4) is 0 Å². The van der Waals surface area contributed by atoms with E-state index in [4.69, 9.17) is 0 Å². The Kier molecular flexibility index (Phi) is 4.69. The van der Waals surface area contributed by atoms with Crippen molar-refractivity contribution in [1.82, 2.24) is 0 Å². The molecular formula is C21H31F3O3S. The number of alkyl halides is 3. The predicted molar refractivity (Wildman–Crippen MR) is 100 cm³/mol. The molecule has 28 heavy (non-hydrogen) atoms. The lowest BCUT2D eigenvalue weighted by Gasteiger charge is -2.56. The molecule has 3 saturated carbocycles. The topological polar surface area (TPSA) is 43.4 Å². The molecule has 0 aliphatic heterocycles. The van der Waals surface area contributed by atoms with Crippen LogP contribution in [-0.2, 0) is 14.3 Å². The maximum Gasteiger partial charge on any atom is 0.534 e. The van der Waals surface area contributed by atoms with E-state index < -0.39 is 21.0 Å². The highest BCUT2D eigenvalue weighted by Crippen LogP contribution is 2.64. The summed E-state index contributed by atoms with van der Waals surface area (Å²) < 4.78 is 66.2. The maximum absolute atomic E-state index is 12.8. The summed E-state index contributed by atoms with van der Waals surface area (Å²) in [4.78, 5) is 0. The van der Waals surface area contributed by atoms with Crippen LogP contribution in [0.2, 0.25) is 0 Å². The number of hydrogen-bond acceptors (Lipinski definition) is 3. The molecule has 4 rings (SSSR count). The lowest BCUT2D eigenvalue weighted by atomic mass is 9.49. The van der Waals surface area contributed by atoms with Crippen LogP contribution in [-0.4, -0.2) is 13.9 Å². The van der Waals surface area contributed by atoms with Gasteiger partial charge in [-0.3, -0.25) is 0 Å². The van der Waals surface area contributed by atoms with Crippen LogP contribution in [0.5, 0.6) is 0 Å². The van der Waals surface area contributed by atoms with E-state index >= 15 is 0 Å². The van der Waals surface area contributed by atoms with Gasteiger partial charge in [0.15, 0.2) is 0 Å². The number of rotatable bonds is 2. The van der Waals surface area contributed by atoms with Crippen molar-refractivity contribution >= 4 is 10.1 Å². The average molecular weight is 421 g/mol. The summed E-state index contributed by atoms with van der Waals surface area (Å²) in [6.45, 7) is 6.63. The molecule has 0 radical (unpaired) electrons. The van der Waals surface area contributed by atoms with Crippen molar-refractivity contribution in [2.24, 2.45) is 40.4 Å². The molecule has 4 aliphatic carbocycles. The van der Waals surface area contributed by atoms with Crippen LogP contribution in [0.15, 0.2) is 11.8 Å². The van der Waals surface area contributed by atoms with Gasteiger partial charge in [-0.15, -0.1) is 0 Å². The summed E-state index contributed by atoms with van der Waals surface area (Å²) in [5, 5.41) is 0. The highest BCUT2D eigenvalue weighted by Gasteiger charge is 2.58. The number of allylic oxidation sites excluding steroid dienone is 2. The highest BCUT2D eigenvalue weighted by atomic mass is 32.2. The van der Waals surface area contributed by atoms with E-state index in [1.165, 1.54) is 25.7 Å². The molecule has 4 aliphatic rings. The van der Waals surface area contributed by atoms with Gasteiger partial charge in [-0.2, -0.15) is 21.6 Å². The molecule has 160 valence electrons. The molecule has 7 heteroatoms. The number of halogens is 3. The second-order valence-corrected chi connectivity index (χ2v) is 12.1. The van der Waals surface area contributed by atoms with Gasteiger partial charge in [-0.25, -0.2) is 0 Å². The lowest BCUT2D eigenvalue weighted by molar-refractivity contribution is -0.0711. The quantitative estimate of drug-likeness (QED) is 0.405. The Bertz CT molecular complexity index is 770. The van der Waals surface area contributed by atoms with E-state index in [9.17, 15) is 21.6 Å². The summed E-state index contributed by atoms with van der Waals surface area (Å²) in [6, 6.07) is 0. The Morgan fingerprint density at radius 1 is 1.00 bits per heavy atom. The van der Waals surface area contributed by atoms with Crippen molar-refractivity contribution in [1.29, 1.82) is 0 Å².